The number of benzene rings is 1. The molecule has 2 aromatic rings. The second-order valence-electron chi connectivity index (χ2n) is 6.10. The van der Waals surface area contributed by atoms with Crippen LogP contribution in [0.5, 0.6) is 0 Å². The topological polar surface area (TPSA) is 84.0 Å². The molecule has 0 saturated carbocycles. The Morgan fingerprint density at radius 1 is 1.00 bits per heavy atom. The highest BCUT2D eigenvalue weighted by Gasteiger charge is 2.16. The highest BCUT2D eigenvalue weighted by Crippen LogP contribution is 2.17. The number of aryl methyl sites for hydroxylation is 1. The molecular weight excluding hydrogens is 300 g/mol. The Labute approximate surface area is 131 Å². The van der Waals surface area contributed by atoms with Crippen molar-refractivity contribution in [2.75, 3.05) is 10.0 Å². The van der Waals surface area contributed by atoms with E-state index >= 15 is 0 Å². The zero-order chi connectivity index (χ0) is 16.4. The molecule has 0 spiro atoms. The van der Waals surface area contributed by atoms with Crippen molar-refractivity contribution in [3.05, 3.63) is 42.0 Å². The van der Waals surface area contributed by atoms with Gasteiger partial charge in [-0.2, -0.15) is 0 Å². The van der Waals surface area contributed by atoms with Crippen LogP contribution in [0.25, 0.3) is 0 Å². The summed E-state index contributed by atoms with van der Waals surface area (Å²) in [6, 6.07) is 9.95. The largest absolute Gasteiger partial charge is 0.364 e. The van der Waals surface area contributed by atoms with Crippen LogP contribution in [0.2, 0.25) is 0 Å². The zero-order valence-corrected chi connectivity index (χ0v) is 13.9. The second kappa shape index (κ2) is 5.92. The lowest BCUT2D eigenvalue weighted by atomic mass is 10.1. The number of aromatic nitrogens is 2. The minimum Gasteiger partial charge on any atom is -0.364 e. The van der Waals surface area contributed by atoms with Crippen LogP contribution >= 0.6 is 0 Å². The van der Waals surface area contributed by atoms with E-state index in [0.717, 1.165) is 5.56 Å². The van der Waals surface area contributed by atoms with Crippen LogP contribution in [0.4, 0.5) is 11.6 Å². The molecule has 0 radical (unpaired) electrons. The summed E-state index contributed by atoms with van der Waals surface area (Å²) in [4.78, 5) is 0.200. The number of nitrogens with one attached hydrogen (secondary N) is 2. The van der Waals surface area contributed by atoms with Gasteiger partial charge in [0.05, 0.1) is 4.90 Å². The van der Waals surface area contributed by atoms with Gasteiger partial charge in [-0.3, -0.25) is 4.72 Å². The van der Waals surface area contributed by atoms with Crippen molar-refractivity contribution in [2.24, 2.45) is 0 Å². The fraction of sp³-hybridized carbons (Fsp3) is 0.333. The lowest BCUT2D eigenvalue weighted by Gasteiger charge is -2.20. The van der Waals surface area contributed by atoms with Gasteiger partial charge in [-0.25, -0.2) is 8.42 Å². The van der Waals surface area contributed by atoms with Crippen molar-refractivity contribution in [3.63, 3.8) is 0 Å². The molecule has 118 valence electrons. The third-order valence-electron chi connectivity index (χ3n) is 2.71. The first-order valence-electron chi connectivity index (χ1n) is 6.87. The average Bonchev–Trinajstić information content (AvgIpc) is 2.39. The molecule has 1 aromatic carbocycles. The summed E-state index contributed by atoms with van der Waals surface area (Å²) in [5.41, 5.74) is 0.732. The fourth-order valence-electron chi connectivity index (χ4n) is 1.82. The van der Waals surface area contributed by atoms with Gasteiger partial charge in [-0.15, -0.1) is 10.2 Å². The number of hydrogen-bond acceptors (Lipinski definition) is 5. The molecule has 0 aliphatic carbocycles. The van der Waals surface area contributed by atoms with Crippen molar-refractivity contribution in [3.8, 4) is 0 Å². The van der Waals surface area contributed by atoms with Crippen LogP contribution in [0, 0.1) is 6.92 Å². The molecule has 6 nitrogen and oxygen atoms in total. The monoisotopic (exact) mass is 320 g/mol. The van der Waals surface area contributed by atoms with Crippen molar-refractivity contribution < 1.29 is 8.42 Å². The van der Waals surface area contributed by atoms with Crippen LogP contribution in [-0.2, 0) is 10.0 Å². The first-order chi connectivity index (χ1) is 10.2. The Morgan fingerprint density at radius 2 is 1.64 bits per heavy atom. The molecule has 0 unspecified atom stereocenters. The molecule has 0 amide bonds. The Morgan fingerprint density at radius 3 is 2.18 bits per heavy atom. The molecular formula is C15H20N4O2S. The molecule has 0 atom stereocenters. The van der Waals surface area contributed by atoms with E-state index in [1.807, 2.05) is 33.8 Å². The lowest BCUT2D eigenvalue weighted by molar-refractivity contribution is 0.600. The van der Waals surface area contributed by atoms with E-state index < -0.39 is 10.0 Å². The van der Waals surface area contributed by atoms with Gasteiger partial charge >= 0.3 is 0 Å². The van der Waals surface area contributed by atoms with Gasteiger partial charge < -0.3 is 5.32 Å². The maximum atomic E-state index is 12.3. The van der Waals surface area contributed by atoms with Crippen molar-refractivity contribution >= 4 is 21.7 Å². The Kier molecular flexibility index (Phi) is 4.37. The third kappa shape index (κ3) is 4.42. The minimum absolute atomic E-state index is 0.142. The van der Waals surface area contributed by atoms with Crippen LogP contribution in [-0.4, -0.2) is 24.2 Å². The number of sulfonamides is 1. The Balaban J connectivity index is 2.17. The summed E-state index contributed by atoms with van der Waals surface area (Å²) in [5.74, 6) is 0.770. The van der Waals surface area contributed by atoms with Crippen molar-refractivity contribution in [2.45, 2.75) is 38.1 Å². The predicted molar refractivity (Wildman–Crippen MR) is 87.4 cm³/mol. The molecule has 0 bridgehead atoms. The third-order valence-corrected chi connectivity index (χ3v) is 4.06. The molecule has 0 fully saturated rings. The normalized spacial score (nSPS) is 12.0. The number of anilines is 2. The van der Waals surface area contributed by atoms with Gasteiger partial charge in [0.15, 0.2) is 5.82 Å². The van der Waals surface area contributed by atoms with Gasteiger partial charge in [0.25, 0.3) is 10.0 Å². The van der Waals surface area contributed by atoms with E-state index in [1.165, 1.54) is 6.07 Å². The van der Waals surface area contributed by atoms with Crippen LogP contribution in [0.15, 0.2) is 41.3 Å². The minimum atomic E-state index is -3.66. The highest BCUT2D eigenvalue weighted by atomic mass is 32.2. The summed E-state index contributed by atoms with van der Waals surface area (Å²) in [5, 5.41) is 11.0. The maximum absolute atomic E-state index is 12.3. The first-order valence-corrected chi connectivity index (χ1v) is 8.35. The molecule has 22 heavy (non-hydrogen) atoms. The van der Waals surface area contributed by atoms with Crippen LogP contribution in [0.3, 0.4) is 0 Å². The van der Waals surface area contributed by atoms with Gasteiger partial charge in [0, 0.05) is 5.54 Å². The van der Waals surface area contributed by atoms with Gasteiger partial charge in [0.1, 0.15) is 5.82 Å². The Bertz CT molecular complexity index is 750. The fourth-order valence-corrected chi connectivity index (χ4v) is 2.92. The van der Waals surface area contributed by atoms with Gasteiger partial charge in [-0.1, -0.05) is 12.1 Å². The van der Waals surface area contributed by atoms with E-state index in [0.29, 0.717) is 5.82 Å². The molecule has 7 heteroatoms. The average molecular weight is 320 g/mol. The maximum Gasteiger partial charge on any atom is 0.263 e. The van der Waals surface area contributed by atoms with Crippen LogP contribution in [0.1, 0.15) is 26.3 Å². The molecule has 0 aliphatic heterocycles. The number of rotatable bonds is 4. The zero-order valence-electron chi connectivity index (χ0n) is 13.1. The number of hydrogen-bond donors (Lipinski definition) is 2. The van der Waals surface area contributed by atoms with Gasteiger partial charge in [0.2, 0.25) is 0 Å². The van der Waals surface area contributed by atoms with Gasteiger partial charge in [-0.05, 0) is 57.5 Å². The van der Waals surface area contributed by atoms with E-state index in [4.69, 9.17) is 0 Å². The molecule has 1 aromatic heterocycles. The summed E-state index contributed by atoms with van der Waals surface area (Å²) >= 11 is 0. The van der Waals surface area contributed by atoms with Crippen molar-refractivity contribution in [1.82, 2.24) is 10.2 Å². The van der Waals surface area contributed by atoms with E-state index in [-0.39, 0.29) is 16.3 Å². The van der Waals surface area contributed by atoms with Crippen molar-refractivity contribution in [1.29, 1.82) is 0 Å². The molecule has 0 saturated heterocycles. The lowest BCUT2D eigenvalue weighted by Crippen LogP contribution is -2.26. The molecule has 0 aliphatic rings. The second-order valence-corrected chi connectivity index (χ2v) is 7.78. The molecule has 1 heterocycles. The summed E-state index contributed by atoms with van der Waals surface area (Å²) in [6.07, 6.45) is 0. The summed E-state index contributed by atoms with van der Waals surface area (Å²) in [6.45, 7) is 7.85. The number of nitrogens with zero attached hydrogens (tertiary/aromatic N) is 2. The first kappa shape index (κ1) is 16.2. The highest BCUT2D eigenvalue weighted by molar-refractivity contribution is 7.92. The van der Waals surface area contributed by atoms with E-state index in [9.17, 15) is 8.42 Å². The smallest absolute Gasteiger partial charge is 0.263 e. The summed E-state index contributed by atoms with van der Waals surface area (Å²) in [7, 11) is -3.66. The quantitative estimate of drug-likeness (QED) is 0.905. The van der Waals surface area contributed by atoms with Crippen LogP contribution < -0.4 is 10.0 Å². The van der Waals surface area contributed by atoms with E-state index in [2.05, 4.69) is 20.2 Å². The Hall–Kier alpha value is -2.15. The SMILES string of the molecule is Cc1cccc(S(=O)(=O)Nc2ccc(NC(C)(C)C)nn2)c1. The standard InChI is InChI=1S/C15H20N4O2S/c1-11-6-5-7-12(10-11)22(20,21)19-14-9-8-13(17-18-14)16-15(2,3)4/h5-10H,1-4H3,(H,16,17)(H,18,19). The summed E-state index contributed by atoms with van der Waals surface area (Å²) < 4.78 is 27.0. The van der Waals surface area contributed by atoms with E-state index in [1.54, 1.807) is 24.3 Å². The predicted octanol–water partition coefficient (Wildman–Crippen LogP) is 2.80. The molecule has 2 rings (SSSR count). The molecule has 2 N–H and O–H groups in total.